The zero-order chi connectivity index (χ0) is 14.0. The van der Waals surface area contributed by atoms with E-state index in [9.17, 15) is 14.9 Å². The number of carbonyl (C=O) groups is 1. The van der Waals surface area contributed by atoms with Crippen LogP contribution in [0.4, 0.5) is 5.69 Å². The summed E-state index contributed by atoms with van der Waals surface area (Å²) in [7, 11) is 1.65. The number of nitro benzene ring substituents is 1. The largest absolute Gasteiger partial charge is 0.379 e. The first kappa shape index (κ1) is 13.8. The molecule has 6 nitrogen and oxygen atoms in total. The monoisotopic (exact) mass is 284 g/mol. The predicted molar refractivity (Wildman–Crippen MR) is 69.4 cm³/mol. The van der Waals surface area contributed by atoms with Gasteiger partial charge in [0, 0.05) is 25.8 Å². The van der Waals surface area contributed by atoms with Gasteiger partial charge in [0.05, 0.1) is 28.2 Å². The molecule has 19 heavy (non-hydrogen) atoms. The Hall–Kier alpha value is -1.66. The van der Waals surface area contributed by atoms with Gasteiger partial charge in [0.1, 0.15) is 0 Å². The van der Waals surface area contributed by atoms with E-state index in [1.807, 2.05) is 0 Å². The fourth-order valence-corrected chi connectivity index (χ4v) is 2.17. The molecule has 102 valence electrons. The summed E-state index contributed by atoms with van der Waals surface area (Å²) in [6.45, 7) is 1.10. The van der Waals surface area contributed by atoms with E-state index in [0.717, 1.165) is 6.42 Å². The van der Waals surface area contributed by atoms with Crippen molar-refractivity contribution in [3.8, 4) is 0 Å². The summed E-state index contributed by atoms with van der Waals surface area (Å²) in [5.74, 6) is -0.329. The molecule has 0 bridgehead atoms. The van der Waals surface area contributed by atoms with Gasteiger partial charge in [0.25, 0.3) is 11.6 Å². The van der Waals surface area contributed by atoms with Crippen molar-refractivity contribution in [1.82, 2.24) is 4.90 Å². The molecule has 1 heterocycles. The fourth-order valence-electron chi connectivity index (χ4n) is 1.97. The Balaban J connectivity index is 2.26. The molecule has 0 aromatic heterocycles. The van der Waals surface area contributed by atoms with Gasteiger partial charge in [-0.2, -0.15) is 0 Å². The second kappa shape index (κ2) is 5.54. The molecule has 0 aliphatic carbocycles. The minimum atomic E-state index is -0.550. The summed E-state index contributed by atoms with van der Waals surface area (Å²) in [6.07, 6.45) is 0.759. The topological polar surface area (TPSA) is 72.7 Å². The molecular formula is C12H13ClN2O4. The van der Waals surface area contributed by atoms with E-state index in [0.29, 0.717) is 13.2 Å². The molecule has 0 saturated carbocycles. The third kappa shape index (κ3) is 2.85. The molecule has 1 fully saturated rings. The van der Waals surface area contributed by atoms with Crippen molar-refractivity contribution >= 4 is 23.2 Å². The molecule has 1 aromatic rings. The van der Waals surface area contributed by atoms with Crippen LogP contribution in [0.25, 0.3) is 0 Å². The molecular weight excluding hydrogens is 272 g/mol. The van der Waals surface area contributed by atoms with Gasteiger partial charge in [-0.1, -0.05) is 11.6 Å². The average molecular weight is 285 g/mol. The fraction of sp³-hybridized carbons (Fsp3) is 0.417. The van der Waals surface area contributed by atoms with Gasteiger partial charge in [0.2, 0.25) is 0 Å². The number of carbonyl (C=O) groups excluding carboxylic acids is 1. The molecule has 1 saturated heterocycles. The molecule has 1 amide bonds. The van der Waals surface area contributed by atoms with E-state index in [4.69, 9.17) is 16.3 Å². The number of hydrogen-bond acceptors (Lipinski definition) is 4. The number of halogens is 1. The summed E-state index contributed by atoms with van der Waals surface area (Å²) in [5, 5.41) is 10.9. The molecule has 2 rings (SSSR count). The van der Waals surface area contributed by atoms with Crippen LogP contribution >= 0.6 is 11.6 Å². The summed E-state index contributed by atoms with van der Waals surface area (Å²) in [4.78, 5) is 24.0. The van der Waals surface area contributed by atoms with E-state index >= 15 is 0 Å². The van der Waals surface area contributed by atoms with Gasteiger partial charge in [-0.15, -0.1) is 0 Å². The quantitative estimate of drug-likeness (QED) is 0.629. The molecule has 1 atom stereocenters. The van der Waals surface area contributed by atoms with Crippen LogP contribution in [0.5, 0.6) is 0 Å². The number of benzene rings is 1. The number of hydrogen-bond donors (Lipinski definition) is 0. The van der Waals surface area contributed by atoms with Crippen molar-refractivity contribution in [2.24, 2.45) is 0 Å². The predicted octanol–water partition coefficient (Wildman–Crippen LogP) is 2.11. The van der Waals surface area contributed by atoms with Gasteiger partial charge in [-0.3, -0.25) is 14.9 Å². The van der Waals surface area contributed by atoms with Gasteiger partial charge < -0.3 is 9.64 Å². The van der Waals surface area contributed by atoms with Crippen LogP contribution in [0.15, 0.2) is 18.2 Å². The van der Waals surface area contributed by atoms with E-state index in [1.165, 1.54) is 23.1 Å². The number of likely N-dealkylation sites (N-methyl/N-ethyl adjacent to an activating group) is 1. The highest BCUT2D eigenvalue weighted by atomic mass is 35.5. The van der Waals surface area contributed by atoms with E-state index in [1.54, 1.807) is 7.05 Å². The SMILES string of the molecule is CN(C(=O)c1cc([N+](=O)[O-])ccc1Cl)C1CCOC1. The second-order valence-corrected chi connectivity index (χ2v) is 4.76. The highest BCUT2D eigenvalue weighted by molar-refractivity contribution is 6.33. The molecule has 0 radical (unpaired) electrons. The summed E-state index contributed by atoms with van der Waals surface area (Å²) in [5.41, 5.74) is -0.00547. The lowest BCUT2D eigenvalue weighted by Crippen LogP contribution is -2.37. The Bertz CT molecular complexity index is 514. The highest BCUT2D eigenvalue weighted by Crippen LogP contribution is 2.24. The zero-order valence-electron chi connectivity index (χ0n) is 10.3. The third-order valence-electron chi connectivity index (χ3n) is 3.16. The Kier molecular flexibility index (Phi) is 4.01. The molecule has 1 aliphatic rings. The minimum absolute atomic E-state index is 0.0113. The molecule has 7 heteroatoms. The Morgan fingerprint density at radius 1 is 1.58 bits per heavy atom. The van der Waals surface area contributed by atoms with Crippen LogP contribution in [0.1, 0.15) is 16.8 Å². The van der Waals surface area contributed by atoms with Crippen LogP contribution in [-0.4, -0.2) is 42.0 Å². The summed E-state index contributed by atoms with van der Waals surface area (Å²) < 4.78 is 5.22. The Labute approximate surface area is 115 Å². The normalized spacial score (nSPS) is 18.3. The number of ether oxygens (including phenoxy) is 1. The maximum Gasteiger partial charge on any atom is 0.270 e. The Morgan fingerprint density at radius 2 is 2.32 bits per heavy atom. The van der Waals surface area contributed by atoms with Gasteiger partial charge in [0.15, 0.2) is 0 Å². The van der Waals surface area contributed by atoms with Gasteiger partial charge in [-0.05, 0) is 12.5 Å². The van der Waals surface area contributed by atoms with E-state index in [2.05, 4.69) is 0 Å². The third-order valence-corrected chi connectivity index (χ3v) is 3.49. The lowest BCUT2D eigenvalue weighted by Gasteiger charge is -2.23. The molecule has 1 unspecified atom stereocenters. The maximum atomic E-state index is 12.3. The van der Waals surface area contributed by atoms with Crippen molar-refractivity contribution in [3.63, 3.8) is 0 Å². The first-order valence-corrected chi connectivity index (χ1v) is 6.17. The molecule has 1 aromatic carbocycles. The minimum Gasteiger partial charge on any atom is -0.379 e. The molecule has 0 spiro atoms. The smallest absolute Gasteiger partial charge is 0.270 e. The lowest BCUT2D eigenvalue weighted by molar-refractivity contribution is -0.384. The lowest BCUT2D eigenvalue weighted by atomic mass is 10.1. The number of non-ortho nitro benzene ring substituents is 1. The van der Waals surface area contributed by atoms with Crippen molar-refractivity contribution < 1.29 is 14.5 Å². The number of nitro groups is 1. The zero-order valence-corrected chi connectivity index (χ0v) is 11.1. The van der Waals surface area contributed by atoms with Crippen LogP contribution in [0.2, 0.25) is 5.02 Å². The Morgan fingerprint density at radius 3 is 2.89 bits per heavy atom. The maximum absolute atomic E-state index is 12.3. The number of amides is 1. The van der Waals surface area contributed by atoms with Crippen LogP contribution < -0.4 is 0 Å². The van der Waals surface area contributed by atoms with Crippen LogP contribution in [-0.2, 0) is 4.74 Å². The number of rotatable bonds is 3. The first-order chi connectivity index (χ1) is 9.00. The second-order valence-electron chi connectivity index (χ2n) is 4.35. The highest BCUT2D eigenvalue weighted by Gasteiger charge is 2.27. The van der Waals surface area contributed by atoms with Crippen LogP contribution in [0, 0.1) is 10.1 Å². The molecule has 1 aliphatic heterocycles. The number of nitrogens with zero attached hydrogens (tertiary/aromatic N) is 2. The van der Waals surface area contributed by atoms with Gasteiger partial charge in [-0.25, -0.2) is 0 Å². The van der Waals surface area contributed by atoms with Crippen molar-refractivity contribution in [3.05, 3.63) is 38.9 Å². The van der Waals surface area contributed by atoms with Crippen LogP contribution in [0.3, 0.4) is 0 Å². The summed E-state index contributed by atoms with van der Waals surface area (Å²) in [6, 6.07) is 3.84. The van der Waals surface area contributed by atoms with E-state index in [-0.39, 0.29) is 28.2 Å². The van der Waals surface area contributed by atoms with Crippen molar-refractivity contribution in [2.75, 3.05) is 20.3 Å². The average Bonchev–Trinajstić information content (AvgIpc) is 2.91. The molecule has 0 N–H and O–H groups in total. The standard InChI is InChI=1S/C12H13ClN2O4/c1-14(9-4-5-19-7-9)12(16)10-6-8(15(17)18)2-3-11(10)13/h2-3,6,9H,4-5,7H2,1H3. The van der Waals surface area contributed by atoms with Crippen molar-refractivity contribution in [2.45, 2.75) is 12.5 Å². The van der Waals surface area contributed by atoms with Gasteiger partial charge >= 0.3 is 0 Å². The first-order valence-electron chi connectivity index (χ1n) is 5.79. The summed E-state index contributed by atoms with van der Waals surface area (Å²) >= 11 is 5.95. The van der Waals surface area contributed by atoms with Crippen molar-refractivity contribution in [1.29, 1.82) is 0 Å². The van der Waals surface area contributed by atoms with E-state index < -0.39 is 4.92 Å².